The summed E-state index contributed by atoms with van der Waals surface area (Å²) in [5.74, 6) is 1.40. The van der Waals surface area contributed by atoms with Crippen LogP contribution in [0.3, 0.4) is 0 Å². The molecule has 2 aromatic rings. The molecule has 1 unspecified atom stereocenters. The molecule has 1 aliphatic rings. The summed E-state index contributed by atoms with van der Waals surface area (Å²) in [7, 11) is 0. The molecule has 0 saturated carbocycles. The molecule has 3 heterocycles. The van der Waals surface area contributed by atoms with Crippen LogP contribution in [0, 0.1) is 0 Å². The Bertz CT molecular complexity index is 687. The molecule has 0 bridgehead atoms. The number of carbonyl (C=O) groups is 1. The monoisotopic (exact) mass is 344 g/mol. The van der Waals surface area contributed by atoms with Crippen molar-refractivity contribution in [2.45, 2.75) is 38.6 Å². The lowest BCUT2D eigenvalue weighted by molar-refractivity contribution is -0.115. The highest BCUT2D eigenvalue weighted by Gasteiger charge is 2.25. The molecule has 25 heavy (non-hydrogen) atoms. The number of aromatic nitrogens is 3. The second kappa shape index (κ2) is 8.06. The summed E-state index contributed by atoms with van der Waals surface area (Å²) in [6.07, 6.45) is 3.86. The van der Waals surface area contributed by atoms with Crippen molar-refractivity contribution in [3.05, 3.63) is 30.1 Å². The number of anilines is 2. The highest BCUT2D eigenvalue weighted by atomic mass is 16.5. The minimum absolute atomic E-state index is 0.143. The third-order valence-electron chi connectivity index (χ3n) is 4.28. The van der Waals surface area contributed by atoms with Crippen molar-refractivity contribution < 1.29 is 9.32 Å². The summed E-state index contributed by atoms with van der Waals surface area (Å²) < 4.78 is 5.12. The number of hydrogen-bond donors (Lipinski definition) is 2. The lowest BCUT2D eigenvalue weighted by Crippen LogP contribution is -2.41. The van der Waals surface area contributed by atoms with Gasteiger partial charge in [0.2, 0.25) is 11.8 Å². The van der Waals surface area contributed by atoms with E-state index in [2.05, 4.69) is 30.9 Å². The first-order chi connectivity index (χ1) is 12.1. The van der Waals surface area contributed by atoms with Crippen LogP contribution in [0.2, 0.25) is 0 Å². The van der Waals surface area contributed by atoms with Crippen molar-refractivity contribution >= 4 is 17.6 Å². The standard InChI is InChI=1S/C17H24N6O2/c1-12(2)14-9-17(25-22-14)20-16(24)11-18-10-13-5-4-8-23(13)15-6-3-7-19-21-15/h3,6-7,9,12-13,18H,4-5,8,10-11H2,1-2H3,(H,20,24). The normalized spacial score (nSPS) is 17.2. The summed E-state index contributed by atoms with van der Waals surface area (Å²) in [5.41, 5.74) is 0.828. The van der Waals surface area contributed by atoms with E-state index < -0.39 is 0 Å². The summed E-state index contributed by atoms with van der Waals surface area (Å²) >= 11 is 0. The predicted molar refractivity (Wildman–Crippen MR) is 94.5 cm³/mol. The molecule has 2 N–H and O–H groups in total. The van der Waals surface area contributed by atoms with Crippen molar-refractivity contribution in [3.63, 3.8) is 0 Å². The number of carbonyl (C=O) groups excluding carboxylic acids is 1. The molecule has 1 saturated heterocycles. The maximum absolute atomic E-state index is 12.0. The van der Waals surface area contributed by atoms with E-state index in [0.29, 0.717) is 11.9 Å². The first kappa shape index (κ1) is 17.3. The molecule has 0 radical (unpaired) electrons. The first-order valence-corrected chi connectivity index (χ1v) is 8.65. The van der Waals surface area contributed by atoms with Crippen LogP contribution in [0.25, 0.3) is 0 Å². The average Bonchev–Trinajstić information content (AvgIpc) is 3.25. The van der Waals surface area contributed by atoms with Gasteiger partial charge in [0.1, 0.15) is 0 Å². The quantitative estimate of drug-likeness (QED) is 0.790. The summed E-state index contributed by atoms with van der Waals surface area (Å²) in [6.45, 7) is 5.96. The fourth-order valence-corrected chi connectivity index (χ4v) is 2.95. The average molecular weight is 344 g/mol. The maximum Gasteiger partial charge on any atom is 0.240 e. The summed E-state index contributed by atoms with van der Waals surface area (Å²) in [6, 6.07) is 5.94. The van der Waals surface area contributed by atoms with Crippen molar-refractivity contribution in [2.24, 2.45) is 0 Å². The zero-order valence-electron chi connectivity index (χ0n) is 14.6. The van der Waals surface area contributed by atoms with Gasteiger partial charge in [-0.2, -0.15) is 5.10 Å². The largest absolute Gasteiger partial charge is 0.351 e. The van der Waals surface area contributed by atoms with E-state index in [0.717, 1.165) is 37.4 Å². The highest BCUT2D eigenvalue weighted by Crippen LogP contribution is 2.22. The van der Waals surface area contributed by atoms with Gasteiger partial charge in [0, 0.05) is 31.4 Å². The van der Waals surface area contributed by atoms with Crippen LogP contribution in [-0.4, -0.2) is 46.9 Å². The maximum atomic E-state index is 12.0. The number of rotatable bonds is 7. The lowest BCUT2D eigenvalue weighted by Gasteiger charge is -2.25. The van der Waals surface area contributed by atoms with Gasteiger partial charge < -0.3 is 14.7 Å². The second-order valence-electron chi connectivity index (χ2n) is 6.52. The second-order valence-corrected chi connectivity index (χ2v) is 6.52. The molecule has 8 nitrogen and oxygen atoms in total. The molecule has 0 spiro atoms. The van der Waals surface area contributed by atoms with Gasteiger partial charge in [-0.25, -0.2) is 0 Å². The van der Waals surface area contributed by atoms with Crippen LogP contribution in [0.15, 0.2) is 28.9 Å². The lowest BCUT2D eigenvalue weighted by atomic mass is 10.1. The van der Waals surface area contributed by atoms with Gasteiger partial charge in [0.25, 0.3) is 0 Å². The third-order valence-corrected chi connectivity index (χ3v) is 4.28. The van der Waals surface area contributed by atoms with E-state index in [1.807, 2.05) is 26.0 Å². The van der Waals surface area contributed by atoms with Gasteiger partial charge in [-0.15, -0.1) is 5.10 Å². The van der Waals surface area contributed by atoms with E-state index in [1.165, 1.54) is 0 Å². The zero-order valence-corrected chi connectivity index (χ0v) is 14.6. The van der Waals surface area contributed by atoms with Crippen LogP contribution in [0.1, 0.15) is 38.3 Å². The van der Waals surface area contributed by atoms with Gasteiger partial charge in [-0.1, -0.05) is 19.0 Å². The minimum atomic E-state index is -0.143. The van der Waals surface area contributed by atoms with Crippen LogP contribution in [0.4, 0.5) is 11.7 Å². The summed E-state index contributed by atoms with van der Waals surface area (Å²) in [5, 5.41) is 18.0. The Labute approximate surface area is 147 Å². The Kier molecular flexibility index (Phi) is 5.60. The number of hydrogen-bond acceptors (Lipinski definition) is 7. The minimum Gasteiger partial charge on any atom is -0.351 e. The van der Waals surface area contributed by atoms with Crippen LogP contribution < -0.4 is 15.5 Å². The number of nitrogens with zero attached hydrogens (tertiary/aromatic N) is 4. The van der Waals surface area contributed by atoms with Crippen molar-refractivity contribution in [1.29, 1.82) is 0 Å². The van der Waals surface area contributed by atoms with Gasteiger partial charge in [0.15, 0.2) is 5.82 Å². The Morgan fingerprint density at radius 3 is 3.08 bits per heavy atom. The molecule has 0 aromatic carbocycles. The van der Waals surface area contributed by atoms with Gasteiger partial charge in [-0.05, 0) is 30.9 Å². The molecule has 2 aromatic heterocycles. The Morgan fingerprint density at radius 2 is 2.36 bits per heavy atom. The molecule has 3 rings (SSSR count). The van der Waals surface area contributed by atoms with E-state index in [-0.39, 0.29) is 18.4 Å². The molecule has 1 atom stereocenters. The number of nitrogens with one attached hydrogen (secondary N) is 2. The molecule has 1 amide bonds. The Morgan fingerprint density at radius 1 is 1.48 bits per heavy atom. The topological polar surface area (TPSA) is 96.2 Å². The third kappa shape index (κ3) is 4.54. The van der Waals surface area contributed by atoms with Crippen molar-refractivity contribution in [1.82, 2.24) is 20.7 Å². The fourth-order valence-electron chi connectivity index (χ4n) is 2.95. The molecular weight excluding hydrogens is 320 g/mol. The van der Waals surface area contributed by atoms with Crippen molar-refractivity contribution in [2.75, 3.05) is 29.9 Å². The molecule has 0 aliphatic carbocycles. The Hall–Kier alpha value is -2.48. The van der Waals surface area contributed by atoms with Gasteiger partial charge in [0.05, 0.1) is 12.2 Å². The smallest absolute Gasteiger partial charge is 0.240 e. The number of amides is 1. The first-order valence-electron chi connectivity index (χ1n) is 8.65. The highest BCUT2D eigenvalue weighted by molar-refractivity contribution is 5.90. The molecule has 134 valence electrons. The molecule has 1 aliphatic heterocycles. The van der Waals surface area contributed by atoms with Crippen LogP contribution in [-0.2, 0) is 4.79 Å². The molecule has 8 heteroatoms. The zero-order chi connectivity index (χ0) is 17.6. The molecule has 1 fully saturated rings. The van der Waals surface area contributed by atoms with Crippen LogP contribution >= 0.6 is 0 Å². The SMILES string of the molecule is CC(C)c1cc(NC(=O)CNCC2CCCN2c2cccnn2)on1. The van der Waals surface area contributed by atoms with E-state index in [4.69, 9.17) is 4.52 Å². The summed E-state index contributed by atoms with van der Waals surface area (Å²) in [4.78, 5) is 14.3. The van der Waals surface area contributed by atoms with E-state index in [1.54, 1.807) is 12.3 Å². The van der Waals surface area contributed by atoms with Crippen LogP contribution in [0.5, 0.6) is 0 Å². The Balaban J connectivity index is 1.44. The van der Waals surface area contributed by atoms with Gasteiger partial charge >= 0.3 is 0 Å². The predicted octanol–water partition coefficient (Wildman–Crippen LogP) is 1.79. The van der Waals surface area contributed by atoms with Crippen molar-refractivity contribution in [3.8, 4) is 0 Å². The fraction of sp³-hybridized carbons (Fsp3) is 0.529. The van der Waals surface area contributed by atoms with E-state index in [9.17, 15) is 4.79 Å². The van der Waals surface area contributed by atoms with Gasteiger partial charge in [-0.3, -0.25) is 10.1 Å². The molecular formula is C17H24N6O2. The van der Waals surface area contributed by atoms with E-state index >= 15 is 0 Å².